The number of hydrogen-bond acceptors (Lipinski definition) is 3. The van der Waals surface area contributed by atoms with Crippen LogP contribution >= 0.6 is 0 Å². The van der Waals surface area contributed by atoms with Crippen LogP contribution in [-0.2, 0) is 14.3 Å². The molecular weight excluding hydrogens is 304 g/mol. The van der Waals surface area contributed by atoms with Crippen molar-refractivity contribution in [2.24, 2.45) is 17.8 Å². The number of rotatable bonds is 11. The zero-order valence-electron chi connectivity index (χ0n) is 15.8. The molecule has 0 bridgehead atoms. The van der Waals surface area contributed by atoms with Gasteiger partial charge in [0.05, 0.1) is 17.9 Å². The summed E-state index contributed by atoms with van der Waals surface area (Å²) in [5.74, 6) is -0.774. The first-order valence-corrected chi connectivity index (χ1v) is 9.83. The molecule has 0 radical (unpaired) electrons. The van der Waals surface area contributed by atoms with Gasteiger partial charge in [0.2, 0.25) is 0 Å². The molecule has 3 atom stereocenters. The van der Waals surface area contributed by atoms with Gasteiger partial charge >= 0.3 is 11.9 Å². The molecule has 0 aromatic rings. The van der Waals surface area contributed by atoms with Gasteiger partial charge in [0.1, 0.15) is 0 Å². The molecule has 0 spiro atoms. The van der Waals surface area contributed by atoms with Gasteiger partial charge in [-0.2, -0.15) is 0 Å². The van der Waals surface area contributed by atoms with E-state index in [1.807, 2.05) is 6.92 Å². The summed E-state index contributed by atoms with van der Waals surface area (Å²) in [5, 5.41) is 9.10. The SMILES string of the molecule is CC(C)CCCCCCCC(C)OC(=O)C1CCCC(C(=O)O)C1. The Labute approximate surface area is 147 Å². The standard InChI is InChI=1S/C20H36O4/c1-15(2)10-7-5-4-6-8-11-16(3)24-20(23)18-13-9-12-17(14-18)19(21)22/h15-18H,4-14H2,1-3H3,(H,21,22). The summed E-state index contributed by atoms with van der Waals surface area (Å²) in [6, 6.07) is 0. The van der Waals surface area contributed by atoms with Crippen LogP contribution in [0.3, 0.4) is 0 Å². The minimum Gasteiger partial charge on any atom is -0.481 e. The van der Waals surface area contributed by atoms with Crippen molar-refractivity contribution in [2.45, 2.75) is 97.5 Å². The number of aliphatic carboxylic acids is 1. The smallest absolute Gasteiger partial charge is 0.309 e. The Kier molecular flexibility index (Phi) is 10.0. The average molecular weight is 341 g/mol. The normalized spacial score (nSPS) is 22.3. The number of unbranched alkanes of at least 4 members (excludes halogenated alkanes) is 4. The number of ether oxygens (including phenoxy) is 1. The number of carbonyl (C=O) groups is 2. The van der Waals surface area contributed by atoms with E-state index in [0.29, 0.717) is 12.8 Å². The highest BCUT2D eigenvalue weighted by Gasteiger charge is 2.32. The molecule has 0 amide bonds. The molecule has 0 aromatic carbocycles. The molecule has 4 nitrogen and oxygen atoms in total. The van der Waals surface area contributed by atoms with Crippen LogP contribution in [0.5, 0.6) is 0 Å². The molecule has 24 heavy (non-hydrogen) atoms. The highest BCUT2D eigenvalue weighted by atomic mass is 16.5. The van der Waals surface area contributed by atoms with E-state index >= 15 is 0 Å². The number of carboxylic acids is 1. The van der Waals surface area contributed by atoms with Crippen LogP contribution in [-0.4, -0.2) is 23.1 Å². The van der Waals surface area contributed by atoms with Gasteiger partial charge in [-0.15, -0.1) is 0 Å². The number of carboxylic acid groups (broad SMARTS) is 1. The Hall–Kier alpha value is -1.06. The minimum atomic E-state index is -0.780. The quantitative estimate of drug-likeness (QED) is 0.415. The third-order valence-electron chi connectivity index (χ3n) is 5.07. The Bertz CT molecular complexity index is 378. The highest BCUT2D eigenvalue weighted by molar-refractivity contribution is 5.75. The zero-order valence-corrected chi connectivity index (χ0v) is 15.8. The fraction of sp³-hybridized carbons (Fsp3) is 0.900. The summed E-state index contributed by atoms with van der Waals surface area (Å²) in [6.45, 7) is 6.48. The number of hydrogen-bond donors (Lipinski definition) is 1. The van der Waals surface area contributed by atoms with Crippen LogP contribution in [0, 0.1) is 17.8 Å². The van der Waals surface area contributed by atoms with E-state index in [1.165, 1.54) is 32.1 Å². The second-order valence-corrected chi connectivity index (χ2v) is 7.89. The van der Waals surface area contributed by atoms with Gasteiger partial charge in [0.15, 0.2) is 0 Å². The first kappa shape index (κ1) is 21.0. The third kappa shape index (κ3) is 8.70. The van der Waals surface area contributed by atoms with E-state index in [2.05, 4.69) is 13.8 Å². The maximum Gasteiger partial charge on any atom is 0.309 e. The van der Waals surface area contributed by atoms with E-state index in [9.17, 15) is 9.59 Å². The van der Waals surface area contributed by atoms with E-state index in [0.717, 1.165) is 31.6 Å². The summed E-state index contributed by atoms with van der Waals surface area (Å²) in [5.41, 5.74) is 0. The lowest BCUT2D eigenvalue weighted by Crippen LogP contribution is -2.30. The maximum absolute atomic E-state index is 12.2. The van der Waals surface area contributed by atoms with E-state index in [-0.39, 0.29) is 23.9 Å². The van der Waals surface area contributed by atoms with Gasteiger partial charge < -0.3 is 9.84 Å². The molecular formula is C20H36O4. The lowest BCUT2D eigenvalue weighted by molar-refractivity contribution is -0.156. The average Bonchev–Trinajstić information content (AvgIpc) is 2.53. The van der Waals surface area contributed by atoms with Crippen LogP contribution in [0.25, 0.3) is 0 Å². The van der Waals surface area contributed by atoms with Crippen molar-refractivity contribution in [2.75, 3.05) is 0 Å². The van der Waals surface area contributed by atoms with Crippen molar-refractivity contribution in [3.63, 3.8) is 0 Å². The van der Waals surface area contributed by atoms with Crippen molar-refractivity contribution >= 4 is 11.9 Å². The zero-order chi connectivity index (χ0) is 17.9. The first-order chi connectivity index (χ1) is 11.4. The fourth-order valence-electron chi connectivity index (χ4n) is 3.50. The Morgan fingerprint density at radius 2 is 1.54 bits per heavy atom. The minimum absolute atomic E-state index is 0.0571. The molecule has 140 valence electrons. The highest BCUT2D eigenvalue weighted by Crippen LogP contribution is 2.30. The molecule has 4 heteroatoms. The molecule has 0 heterocycles. The second kappa shape index (κ2) is 11.5. The summed E-state index contributed by atoms with van der Waals surface area (Å²) in [6.07, 6.45) is 11.0. The van der Waals surface area contributed by atoms with Crippen molar-refractivity contribution < 1.29 is 19.4 Å². The Balaban J connectivity index is 2.12. The first-order valence-electron chi connectivity index (χ1n) is 9.83. The molecule has 1 rings (SSSR count). The summed E-state index contributed by atoms with van der Waals surface area (Å²) in [4.78, 5) is 23.3. The molecule has 0 aromatic heterocycles. The van der Waals surface area contributed by atoms with Crippen molar-refractivity contribution in [1.29, 1.82) is 0 Å². The second-order valence-electron chi connectivity index (χ2n) is 7.89. The number of carbonyl (C=O) groups excluding carboxylic acids is 1. The van der Waals surface area contributed by atoms with E-state index in [4.69, 9.17) is 9.84 Å². The van der Waals surface area contributed by atoms with Gasteiger partial charge in [0.25, 0.3) is 0 Å². The van der Waals surface area contributed by atoms with Crippen LogP contribution in [0.15, 0.2) is 0 Å². The summed E-state index contributed by atoms with van der Waals surface area (Å²) in [7, 11) is 0. The van der Waals surface area contributed by atoms with Crippen LogP contribution in [0.4, 0.5) is 0 Å². The van der Waals surface area contributed by atoms with Crippen molar-refractivity contribution in [3.05, 3.63) is 0 Å². The predicted octanol–water partition coefficient (Wildman–Crippen LogP) is 5.20. The van der Waals surface area contributed by atoms with Crippen LogP contribution in [0.1, 0.15) is 91.4 Å². The molecule has 1 fully saturated rings. The molecule has 0 saturated heterocycles. The Morgan fingerprint density at radius 3 is 2.17 bits per heavy atom. The largest absolute Gasteiger partial charge is 0.481 e. The van der Waals surface area contributed by atoms with E-state index in [1.54, 1.807) is 0 Å². The summed E-state index contributed by atoms with van der Waals surface area (Å²) < 4.78 is 5.55. The van der Waals surface area contributed by atoms with Crippen molar-refractivity contribution in [3.8, 4) is 0 Å². The maximum atomic E-state index is 12.2. The van der Waals surface area contributed by atoms with Crippen LogP contribution in [0.2, 0.25) is 0 Å². The lowest BCUT2D eigenvalue weighted by atomic mass is 9.81. The fourth-order valence-corrected chi connectivity index (χ4v) is 3.50. The van der Waals surface area contributed by atoms with Gasteiger partial charge in [-0.05, 0) is 44.9 Å². The van der Waals surface area contributed by atoms with Gasteiger partial charge in [-0.3, -0.25) is 9.59 Å². The topological polar surface area (TPSA) is 63.6 Å². The molecule has 1 aliphatic carbocycles. The van der Waals surface area contributed by atoms with Gasteiger partial charge in [-0.1, -0.05) is 52.4 Å². The lowest BCUT2D eigenvalue weighted by Gasteiger charge is -2.26. The number of esters is 1. The van der Waals surface area contributed by atoms with Crippen LogP contribution < -0.4 is 0 Å². The van der Waals surface area contributed by atoms with E-state index < -0.39 is 5.97 Å². The Morgan fingerprint density at radius 1 is 0.958 bits per heavy atom. The monoisotopic (exact) mass is 340 g/mol. The third-order valence-corrected chi connectivity index (χ3v) is 5.07. The molecule has 1 aliphatic rings. The molecule has 0 aliphatic heterocycles. The summed E-state index contributed by atoms with van der Waals surface area (Å²) >= 11 is 0. The molecule has 3 unspecified atom stereocenters. The van der Waals surface area contributed by atoms with Crippen molar-refractivity contribution in [1.82, 2.24) is 0 Å². The predicted molar refractivity (Wildman–Crippen MR) is 95.8 cm³/mol. The van der Waals surface area contributed by atoms with Gasteiger partial charge in [-0.25, -0.2) is 0 Å². The van der Waals surface area contributed by atoms with Gasteiger partial charge in [0, 0.05) is 0 Å². The molecule has 1 saturated carbocycles. The molecule has 1 N–H and O–H groups in total.